The first kappa shape index (κ1) is 15.3. The van der Waals surface area contributed by atoms with E-state index in [4.69, 9.17) is 5.73 Å². The van der Waals surface area contributed by atoms with Crippen LogP contribution in [0.5, 0.6) is 0 Å². The standard InChI is InChI=1S/C16H20FN3O/c17-14-5-3-6-15(13-14)19(10-4-8-18)11-12-20-9-2-1-7-16(20)21/h1-3,5-7,9,13H,4,8,10-12,18H2. The molecule has 0 aliphatic heterocycles. The SMILES string of the molecule is NCCCN(CCn1ccccc1=O)c1cccc(F)c1. The summed E-state index contributed by atoms with van der Waals surface area (Å²) in [6.45, 7) is 2.51. The minimum absolute atomic E-state index is 0.0319. The smallest absolute Gasteiger partial charge is 0.250 e. The average molecular weight is 289 g/mol. The fraction of sp³-hybridized carbons (Fsp3) is 0.312. The van der Waals surface area contributed by atoms with E-state index in [-0.39, 0.29) is 11.4 Å². The number of nitrogens with zero attached hydrogens (tertiary/aromatic N) is 2. The lowest BCUT2D eigenvalue weighted by atomic mass is 10.2. The number of hydrogen-bond donors (Lipinski definition) is 1. The van der Waals surface area contributed by atoms with Crippen LogP contribution in [0.25, 0.3) is 0 Å². The van der Waals surface area contributed by atoms with Gasteiger partial charge in [-0.25, -0.2) is 4.39 Å². The maximum atomic E-state index is 13.4. The Kier molecular flexibility index (Phi) is 5.51. The van der Waals surface area contributed by atoms with Crippen LogP contribution in [0.1, 0.15) is 6.42 Å². The Bertz CT molecular complexity index is 627. The van der Waals surface area contributed by atoms with E-state index in [1.807, 2.05) is 12.1 Å². The van der Waals surface area contributed by atoms with Gasteiger partial charge in [-0.15, -0.1) is 0 Å². The Morgan fingerprint density at radius 3 is 2.71 bits per heavy atom. The zero-order valence-corrected chi connectivity index (χ0v) is 11.9. The Hall–Kier alpha value is -2.14. The van der Waals surface area contributed by atoms with Gasteiger partial charge in [0, 0.05) is 37.6 Å². The van der Waals surface area contributed by atoms with E-state index in [9.17, 15) is 9.18 Å². The molecule has 2 N–H and O–H groups in total. The van der Waals surface area contributed by atoms with Crippen molar-refractivity contribution in [3.05, 3.63) is 64.8 Å². The van der Waals surface area contributed by atoms with Gasteiger partial charge in [0.1, 0.15) is 5.82 Å². The second kappa shape index (κ2) is 7.59. The summed E-state index contributed by atoms with van der Waals surface area (Å²) in [5, 5.41) is 0. The predicted octanol–water partition coefficient (Wildman–Crippen LogP) is 1.84. The van der Waals surface area contributed by atoms with Crippen molar-refractivity contribution in [1.82, 2.24) is 4.57 Å². The molecule has 0 aliphatic rings. The van der Waals surface area contributed by atoms with Crippen LogP contribution in [-0.2, 0) is 6.54 Å². The lowest BCUT2D eigenvalue weighted by molar-refractivity contribution is 0.614. The summed E-state index contributed by atoms with van der Waals surface area (Å²) in [6, 6.07) is 11.6. The van der Waals surface area contributed by atoms with E-state index in [1.165, 1.54) is 18.2 Å². The first-order valence-corrected chi connectivity index (χ1v) is 7.07. The molecule has 1 heterocycles. The van der Waals surface area contributed by atoms with Crippen molar-refractivity contribution in [2.45, 2.75) is 13.0 Å². The van der Waals surface area contributed by atoms with Gasteiger partial charge in [-0.2, -0.15) is 0 Å². The molecule has 0 aliphatic carbocycles. The van der Waals surface area contributed by atoms with Gasteiger partial charge in [-0.1, -0.05) is 12.1 Å². The van der Waals surface area contributed by atoms with Crippen molar-refractivity contribution in [2.24, 2.45) is 5.73 Å². The fourth-order valence-electron chi connectivity index (χ4n) is 2.20. The third-order valence-electron chi connectivity index (χ3n) is 3.32. The van der Waals surface area contributed by atoms with Gasteiger partial charge >= 0.3 is 0 Å². The van der Waals surface area contributed by atoms with Crippen molar-refractivity contribution < 1.29 is 4.39 Å². The van der Waals surface area contributed by atoms with Gasteiger partial charge < -0.3 is 15.2 Å². The van der Waals surface area contributed by atoms with Crippen LogP contribution in [0, 0.1) is 5.82 Å². The summed E-state index contributed by atoms with van der Waals surface area (Å²) in [7, 11) is 0. The number of rotatable bonds is 7. The lowest BCUT2D eigenvalue weighted by Gasteiger charge is -2.25. The summed E-state index contributed by atoms with van der Waals surface area (Å²) < 4.78 is 15.0. The van der Waals surface area contributed by atoms with Crippen LogP contribution in [0.3, 0.4) is 0 Å². The summed E-state index contributed by atoms with van der Waals surface area (Å²) in [6.07, 6.45) is 2.58. The molecule has 0 saturated carbocycles. The molecule has 0 saturated heterocycles. The molecular weight excluding hydrogens is 269 g/mol. The molecule has 0 amide bonds. The molecular formula is C16H20FN3O. The second-order valence-corrected chi connectivity index (χ2v) is 4.84. The van der Waals surface area contributed by atoms with E-state index in [2.05, 4.69) is 4.90 Å². The molecule has 5 heteroatoms. The molecule has 1 aromatic carbocycles. The van der Waals surface area contributed by atoms with Gasteiger partial charge in [0.15, 0.2) is 0 Å². The van der Waals surface area contributed by atoms with Crippen LogP contribution in [0.2, 0.25) is 0 Å². The molecule has 0 bridgehead atoms. The number of aromatic nitrogens is 1. The number of pyridine rings is 1. The van der Waals surface area contributed by atoms with Crippen LogP contribution >= 0.6 is 0 Å². The Morgan fingerprint density at radius 2 is 2.00 bits per heavy atom. The molecule has 0 radical (unpaired) electrons. The summed E-state index contributed by atoms with van der Waals surface area (Å²) in [4.78, 5) is 13.8. The molecule has 0 fully saturated rings. The number of nitrogens with two attached hydrogens (primary N) is 1. The molecule has 2 aromatic rings. The van der Waals surface area contributed by atoms with Gasteiger partial charge in [0.25, 0.3) is 5.56 Å². The van der Waals surface area contributed by atoms with E-state index in [0.717, 1.165) is 18.7 Å². The summed E-state index contributed by atoms with van der Waals surface area (Å²) >= 11 is 0. The zero-order chi connectivity index (χ0) is 15.1. The third-order valence-corrected chi connectivity index (χ3v) is 3.32. The molecule has 4 nitrogen and oxygen atoms in total. The molecule has 2 rings (SSSR count). The molecule has 0 unspecified atom stereocenters. The number of hydrogen-bond acceptors (Lipinski definition) is 3. The second-order valence-electron chi connectivity index (χ2n) is 4.84. The molecule has 112 valence electrons. The van der Waals surface area contributed by atoms with Gasteiger partial charge in [-0.05, 0) is 37.2 Å². The number of halogens is 1. The Morgan fingerprint density at radius 1 is 1.14 bits per heavy atom. The van der Waals surface area contributed by atoms with Gasteiger partial charge in [-0.3, -0.25) is 4.79 Å². The highest BCUT2D eigenvalue weighted by Crippen LogP contribution is 2.15. The maximum Gasteiger partial charge on any atom is 0.250 e. The maximum absolute atomic E-state index is 13.4. The Labute approximate surface area is 123 Å². The van der Waals surface area contributed by atoms with Crippen LogP contribution in [0.4, 0.5) is 10.1 Å². The topological polar surface area (TPSA) is 51.3 Å². The summed E-state index contributed by atoms with van der Waals surface area (Å²) in [5.74, 6) is -0.262. The van der Waals surface area contributed by atoms with Crippen LogP contribution in [0.15, 0.2) is 53.5 Å². The van der Waals surface area contributed by atoms with Gasteiger partial charge in [0.05, 0.1) is 0 Å². The molecule has 0 spiro atoms. The third kappa shape index (κ3) is 4.43. The summed E-state index contributed by atoms with van der Waals surface area (Å²) in [5.41, 5.74) is 6.34. The Balaban J connectivity index is 2.10. The number of anilines is 1. The monoisotopic (exact) mass is 289 g/mol. The molecule has 21 heavy (non-hydrogen) atoms. The van der Waals surface area contributed by atoms with Crippen molar-refractivity contribution in [3.8, 4) is 0 Å². The highest BCUT2D eigenvalue weighted by Gasteiger charge is 2.07. The van der Waals surface area contributed by atoms with E-state index in [0.29, 0.717) is 19.6 Å². The number of benzene rings is 1. The molecule has 1 aromatic heterocycles. The first-order chi connectivity index (χ1) is 10.2. The van der Waals surface area contributed by atoms with E-state index in [1.54, 1.807) is 22.9 Å². The predicted molar refractivity (Wildman–Crippen MR) is 83.0 cm³/mol. The minimum Gasteiger partial charge on any atom is -0.370 e. The quantitative estimate of drug-likeness (QED) is 0.846. The molecule has 0 atom stereocenters. The van der Waals surface area contributed by atoms with Crippen molar-refractivity contribution >= 4 is 5.69 Å². The fourth-order valence-corrected chi connectivity index (χ4v) is 2.20. The zero-order valence-electron chi connectivity index (χ0n) is 11.9. The average Bonchev–Trinajstić information content (AvgIpc) is 2.49. The largest absolute Gasteiger partial charge is 0.370 e. The van der Waals surface area contributed by atoms with Crippen molar-refractivity contribution in [3.63, 3.8) is 0 Å². The first-order valence-electron chi connectivity index (χ1n) is 7.07. The van der Waals surface area contributed by atoms with Crippen molar-refractivity contribution in [1.29, 1.82) is 0 Å². The van der Waals surface area contributed by atoms with E-state index < -0.39 is 0 Å². The highest BCUT2D eigenvalue weighted by molar-refractivity contribution is 5.46. The van der Waals surface area contributed by atoms with Gasteiger partial charge in [0.2, 0.25) is 0 Å². The normalized spacial score (nSPS) is 10.6. The van der Waals surface area contributed by atoms with Crippen LogP contribution in [-0.4, -0.2) is 24.2 Å². The minimum atomic E-state index is -0.262. The van der Waals surface area contributed by atoms with Crippen molar-refractivity contribution in [2.75, 3.05) is 24.5 Å². The van der Waals surface area contributed by atoms with Crippen LogP contribution < -0.4 is 16.2 Å². The van der Waals surface area contributed by atoms with E-state index >= 15 is 0 Å². The highest BCUT2D eigenvalue weighted by atomic mass is 19.1. The lowest BCUT2D eigenvalue weighted by Crippen LogP contribution is -2.32.